The van der Waals surface area contributed by atoms with Gasteiger partial charge in [0.05, 0.1) is 12.7 Å². The molecule has 0 fully saturated rings. The second-order valence-corrected chi connectivity index (χ2v) is 4.25. The van der Waals surface area contributed by atoms with Crippen molar-refractivity contribution in [3.05, 3.63) is 23.8 Å². The molecule has 1 aromatic rings. The summed E-state index contributed by atoms with van der Waals surface area (Å²) >= 11 is 0. The molecule has 0 bridgehead atoms. The van der Waals surface area contributed by atoms with E-state index in [4.69, 9.17) is 4.74 Å². The van der Waals surface area contributed by atoms with Gasteiger partial charge in [-0.05, 0) is 12.1 Å². The standard InChI is InChI=1S/C13H20N2O3/c1-9(2)14-6-7-15-13(17)11-5-4-10(18-3)8-12(11)16/h4-5,8-9,14,16H,6-7H2,1-3H3,(H,15,17). The Kier molecular flexibility index (Phi) is 5.45. The molecule has 0 atom stereocenters. The van der Waals surface area contributed by atoms with Crippen LogP contribution in [-0.4, -0.2) is 37.3 Å². The number of methoxy groups -OCH3 is 1. The van der Waals surface area contributed by atoms with Crippen LogP contribution in [0.4, 0.5) is 0 Å². The van der Waals surface area contributed by atoms with Gasteiger partial charge in [-0.25, -0.2) is 0 Å². The molecule has 0 saturated carbocycles. The van der Waals surface area contributed by atoms with Gasteiger partial charge >= 0.3 is 0 Å². The number of rotatable bonds is 6. The third-order valence-electron chi connectivity index (χ3n) is 2.41. The van der Waals surface area contributed by atoms with Gasteiger partial charge in [0.2, 0.25) is 0 Å². The van der Waals surface area contributed by atoms with Crippen LogP contribution >= 0.6 is 0 Å². The largest absolute Gasteiger partial charge is 0.507 e. The molecule has 0 radical (unpaired) electrons. The first kappa shape index (κ1) is 14.3. The summed E-state index contributed by atoms with van der Waals surface area (Å²) in [5.74, 6) is 0.148. The Bertz CT molecular complexity index is 405. The van der Waals surface area contributed by atoms with Crippen molar-refractivity contribution in [3.63, 3.8) is 0 Å². The molecule has 100 valence electrons. The van der Waals surface area contributed by atoms with Crippen molar-refractivity contribution in [2.75, 3.05) is 20.2 Å². The quantitative estimate of drug-likeness (QED) is 0.664. The topological polar surface area (TPSA) is 70.6 Å². The van der Waals surface area contributed by atoms with Crippen molar-refractivity contribution in [3.8, 4) is 11.5 Å². The van der Waals surface area contributed by atoms with Gasteiger partial charge in [0.1, 0.15) is 11.5 Å². The fourth-order valence-electron chi connectivity index (χ4n) is 1.46. The van der Waals surface area contributed by atoms with E-state index in [0.717, 1.165) is 0 Å². The van der Waals surface area contributed by atoms with Gasteiger partial charge in [-0.1, -0.05) is 13.8 Å². The summed E-state index contributed by atoms with van der Waals surface area (Å²) in [6.45, 7) is 5.29. The first-order valence-electron chi connectivity index (χ1n) is 5.93. The number of phenols is 1. The summed E-state index contributed by atoms with van der Waals surface area (Å²) in [4.78, 5) is 11.8. The molecule has 1 rings (SSSR count). The Morgan fingerprint density at radius 2 is 2.11 bits per heavy atom. The maximum Gasteiger partial charge on any atom is 0.255 e. The molecule has 0 aliphatic carbocycles. The van der Waals surface area contributed by atoms with Gasteiger partial charge < -0.3 is 20.5 Å². The lowest BCUT2D eigenvalue weighted by atomic mass is 10.2. The SMILES string of the molecule is COc1ccc(C(=O)NCCNC(C)C)c(O)c1. The Morgan fingerprint density at radius 1 is 1.39 bits per heavy atom. The number of hydrogen-bond acceptors (Lipinski definition) is 4. The van der Waals surface area contributed by atoms with Crippen molar-refractivity contribution in [1.29, 1.82) is 0 Å². The first-order valence-corrected chi connectivity index (χ1v) is 5.93. The van der Waals surface area contributed by atoms with Crippen molar-refractivity contribution in [2.24, 2.45) is 0 Å². The van der Waals surface area contributed by atoms with E-state index in [-0.39, 0.29) is 17.2 Å². The average Bonchev–Trinajstić information content (AvgIpc) is 2.33. The number of hydrogen-bond donors (Lipinski definition) is 3. The lowest BCUT2D eigenvalue weighted by molar-refractivity contribution is 0.0951. The minimum atomic E-state index is -0.291. The van der Waals surface area contributed by atoms with Gasteiger partial charge in [-0.3, -0.25) is 4.79 Å². The molecule has 3 N–H and O–H groups in total. The molecule has 5 heteroatoms. The van der Waals surface area contributed by atoms with E-state index in [1.54, 1.807) is 12.1 Å². The molecule has 0 aliphatic heterocycles. The highest BCUT2D eigenvalue weighted by atomic mass is 16.5. The molecule has 5 nitrogen and oxygen atoms in total. The molecule has 0 heterocycles. The first-order chi connectivity index (χ1) is 8.54. The number of amides is 1. The summed E-state index contributed by atoms with van der Waals surface area (Å²) in [6, 6.07) is 4.98. The number of nitrogens with one attached hydrogen (secondary N) is 2. The summed E-state index contributed by atoms with van der Waals surface area (Å²) in [5.41, 5.74) is 0.250. The molecule has 0 spiro atoms. The van der Waals surface area contributed by atoms with Crippen LogP contribution in [0.15, 0.2) is 18.2 Å². The van der Waals surface area contributed by atoms with Gasteiger partial charge in [0.15, 0.2) is 0 Å². The van der Waals surface area contributed by atoms with E-state index in [9.17, 15) is 9.90 Å². The minimum absolute atomic E-state index is 0.0799. The fourth-order valence-corrected chi connectivity index (χ4v) is 1.46. The Morgan fingerprint density at radius 3 is 2.67 bits per heavy atom. The zero-order valence-electron chi connectivity index (χ0n) is 11.0. The Labute approximate surface area is 107 Å². The fraction of sp³-hybridized carbons (Fsp3) is 0.462. The van der Waals surface area contributed by atoms with Crippen molar-refractivity contribution >= 4 is 5.91 Å². The monoisotopic (exact) mass is 252 g/mol. The zero-order chi connectivity index (χ0) is 13.5. The smallest absolute Gasteiger partial charge is 0.255 e. The highest BCUT2D eigenvalue weighted by Gasteiger charge is 2.11. The van der Waals surface area contributed by atoms with E-state index < -0.39 is 0 Å². The maximum absolute atomic E-state index is 11.8. The van der Waals surface area contributed by atoms with Crippen molar-refractivity contribution in [1.82, 2.24) is 10.6 Å². The van der Waals surface area contributed by atoms with Crippen LogP contribution in [0.2, 0.25) is 0 Å². The van der Waals surface area contributed by atoms with Crippen molar-refractivity contribution in [2.45, 2.75) is 19.9 Å². The maximum atomic E-state index is 11.8. The van der Waals surface area contributed by atoms with E-state index in [1.165, 1.54) is 13.2 Å². The summed E-state index contributed by atoms with van der Waals surface area (Å²) in [5, 5.41) is 15.6. The highest BCUT2D eigenvalue weighted by molar-refractivity contribution is 5.96. The number of phenolic OH excluding ortho intramolecular Hbond substituents is 1. The summed E-state index contributed by atoms with van der Waals surface area (Å²) in [7, 11) is 1.51. The highest BCUT2D eigenvalue weighted by Crippen LogP contribution is 2.22. The molecule has 0 unspecified atom stereocenters. The lowest BCUT2D eigenvalue weighted by Gasteiger charge is -2.10. The van der Waals surface area contributed by atoms with Crippen LogP contribution in [0.1, 0.15) is 24.2 Å². The van der Waals surface area contributed by atoms with Crippen LogP contribution in [0.25, 0.3) is 0 Å². The van der Waals surface area contributed by atoms with Crippen LogP contribution < -0.4 is 15.4 Å². The predicted octanol–water partition coefficient (Wildman–Crippen LogP) is 1.13. The van der Waals surface area contributed by atoms with Crippen LogP contribution in [0.5, 0.6) is 11.5 Å². The third-order valence-corrected chi connectivity index (χ3v) is 2.41. The van der Waals surface area contributed by atoms with Crippen molar-refractivity contribution < 1.29 is 14.6 Å². The van der Waals surface area contributed by atoms with E-state index >= 15 is 0 Å². The van der Waals surface area contributed by atoms with Gasteiger partial charge in [-0.15, -0.1) is 0 Å². The molecule has 18 heavy (non-hydrogen) atoms. The normalized spacial score (nSPS) is 10.4. The van der Waals surface area contributed by atoms with E-state index in [2.05, 4.69) is 10.6 Å². The minimum Gasteiger partial charge on any atom is -0.507 e. The molecule has 0 aliphatic rings. The van der Waals surface area contributed by atoms with Crippen LogP contribution in [0, 0.1) is 0 Å². The Balaban J connectivity index is 2.51. The molecule has 0 aromatic heterocycles. The van der Waals surface area contributed by atoms with Crippen LogP contribution in [-0.2, 0) is 0 Å². The van der Waals surface area contributed by atoms with E-state index in [1.807, 2.05) is 13.8 Å². The second-order valence-electron chi connectivity index (χ2n) is 4.25. The number of aromatic hydroxyl groups is 1. The number of carbonyl (C=O) groups is 1. The molecule has 0 saturated heterocycles. The average molecular weight is 252 g/mol. The second kappa shape index (κ2) is 6.86. The lowest BCUT2D eigenvalue weighted by Crippen LogP contribution is -2.34. The van der Waals surface area contributed by atoms with Gasteiger partial charge in [0.25, 0.3) is 5.91 Å². The number of carbonyl (C=O) groups excluding carboxylic acids is 1. The molecule has 1 aromatic carbocycles. The van der Waals surface area contributed by atoms with E-state index in [0.29, 0.717) is 24.9 Å². The van der Waals surface area contributed by atoms with Gasteiger partial charge in [-0.2, -0.15) is 0 Å². The third kappa shape index (κ3) is 4.25. The number of benzene rings is 1. The number of ether oxygens (including phenoxy) is 1. The molecular weight excluding hydrogens is 232 g/mol. The zero-order valence-corrected chi connectivity index (χ0v) is 11.0. The predicted molar refractivity (Wildman–Crippen MR) is 70.1 cm³/mol. The van der Waals surface area contributed by atoms with Gasteiger partial charge in [0, 0.05) is 25.2 Å². The summed E-state index contributed by atoms with van der Waals surface area (Å²) < 4.78 is 4.95. The molecular formula is C13H20N2O3. The summed E-state index contributed by atoms with van der Waals surface area (Å²) in [6.07, 6.45) is 0. The Hall–Kier alpha value is -1.75. The van der Waals surface area contributed by atoms with Crippen LogP contribution in [0.3, 0.4) is 0 Å². The molecule has 1 amide bonds.